The minimum absolute atomic E-state index is 0.0673. The maximum atomic E-state index is 13.3. The number of likely N-dealkylation sites (tertiary alicyclic amines) is 1. The molecule has 3 aromatic carbocycles. The first-order chi connectivity index (χ1) is 18.4. The normalized spacial score (nSPS) is 16.6. The maximum Gasteiger partial charge on any atom is 0.295 e. The second kappa shape index (κ2) is 12.4. The van der Waals surface area contributed by atoms with E-state index in [1.807, 2.05) is 62.4 Å². The van der Waals surface area contributed by atoms with Crippen molar-refractivity contribution in [2.24, 2.45) is 0 Å². The van der Waals surface area contributed by atoms with Crippen LogP contribution in [0, 0.1) is 6.92 Å². The summed E-state index contributed by atoms with van der Waals surface area (Å²) >= 11 is 0. The fourth-order valence-corrected chi connectivity index (χ4v) is 4.63. The molecule has 0 saturated carbocycles. The largest absolute Gasteiger partial charge is 0.507 e. The van der Waals surface area contributed by atoms with Crippen LogP contribution in [0.2, 0.25) is 0 Å². The van der Waals surface area contributed by atoms with Crippen molar-refractivity contribution in [2.75, 3.05) is 26.9 Å². The highest BCUT2D eigenvalue weighted by molar-refractivity contribution is 6.46. The van der Waals surface area contributed by atoms with Gasteiger partial charge in [-0.05, 0) is 67.3 Å². The molecule has 1 fully saturated rings. The molecule has 1 N–H and O–H groups in total. The average Bonchev–Trinajstić information content (AvgIpc) is 3.18. The second-order valence-electron chi connectivity index (χ2n) is 9.09. The van der Waals surface area contributed by atoms with Crippen LogP contribution in [-0.2, 0) is 20.9 Å². The lowest BCUT2D eigenvalue weighted by molar-refractivity contribution is -0.140. The number of rotatable bonds is 11. The fraction of sp³-hybridized carbons (Fsp3) is 0.290. The summed E-state index contributed by atoms with van der Waals surface area (Å²) in [5.74, 6) is -0.214. The van der Waals surface area contributed by atoms with Crippen molar-refractivity contribution in [2.45, 2.75) is 32.9 Å². The number of carbonyl (C=O) groups excluding carboxylic acids is 2. The molecule has 0 aliphatic carbocycles. The number of nitrogens with zero attached hydrogens (tertiary/aromatic N) is 1. The van der Waals surface area contributed by atoms with Gasteiger partial charge in [0.15, 0.2) is 0 Å². The van der Waals surface area contributed by atoms with Gasteiger partial charge in [-0.15, -0.1) is 0 Å². The molecule has 0 bridgehead atoms. The van der Waals surface area contributed by atoms with Crippen LogP contribution in [0.3, 0.4) is 0 Å². The summed E-state index contributed by atoms with van der Waals surface area (Å²) in [6.07, 6.45) is 0.559. The molecule has 4 rings (SSSR count). The Balaban J connectivity index is 1.68. The van der Waals surface area contributed by atoms with Gasteiger partial charge in [0.25, 0.3) is 11.7 Å². The first-order valence-electron chi connectivity index (χ1n) is 12.7. The lowest BCUT2D eigenvalue weighted by Crippen LogP contribution is -2.31. The Kier molecular flexibility index (Phi) is 8.81. The van der Waals surface area contributed by atoms with Crippen LogP contribution in [0.1, 0.15) is 41.6 Å². The first-order valence-corrected chi connectivity index (χ1v) is 12.7. The van der Waals surface area contributed by atoms with Gasteiger partial charge in [-0.3, -0.25) is 9.59 Å². The van der Waals surface area contributed by atoms with Gasteiger partial charge in [0, 0.05) is 25.8 Å². The van der Waals surface area contributed by atoms with E-state index in [9.17, 15) is 14.7 Å². The van der Waals surface area contributed by atoms with Gasteiger partial charge >= 0.3 is 0 Å². The van der Waals surface area contributed by atoms with Crippen LogP contribution in [-0.4, -0.2) is 48.6 Å². The van der Waals surface area contributed by atoms with Crippen molar-refractivity contribution in [1.82, 2.24) is 4.90 Å². The molecule has 38 heavy (non-hydrogen) atoms. The topological polar surface area (TPSA) is 85.3 Å². The number of aliphatic hydroxyl groups excluding tert-OH is 1. The molecule has 198 valence electrons. The quantitative estimate of drug-likeness (QED) is 0.159. The summed E-state index contributed by atoms with van der Waals surface area (Å²) in [6.45, 7) is 5.44. The molecule has 0 aromatic heterocycles. The van der Waals surface area contributed by atoms with Crippen LogP contribution < -0.4 is 9.47 Å². The van der Waals surface area contributed by atoms with Crippen molar-refractivity contribution in [3.63, 3.8) is 0 Å². The molecule has 0 spiro atoms. The van der Waals surface area contributed by atoms with Crippen LogP contribution in [0.25, 0.3) is 5.76 Å². The first kappa shape index (κ1) is 26.9. The average molecular weight is 516 g/mol. The Morgan fingerprint density at radius 3 is 2.32 bits per heavy atom. The van der Waals surface area contributed by atoms with E-state index in [1.165, 1.54) is 4.90 Å². The summed E-state index contributed by atoms with van der Waals surface area (Å²) < 4.78 is 16.6. The van der Waals surface area contributed by atoms with E-state index >= 15 is 0 Å². The number of hydrogen-bond donors (Lipinski definition) is 1. The molecule has 1 atom stereocenters. The van der Waals surface area contributed by atoms with Crippen LogP contribution in [0.15, 0.2) is 78.4 Å². The summed E-state index contributed by atoms with van der Waals surface area (Å²) in [7, 11) is 1.59. The number of amides is 1. The number of Topliss-reactive ketones (excluding diaryl/α,β-unsaturated/α-hetero) is 1. The number of ether oxygens (including phenoxy) is 3. The third-order valence-corrected chi connectivity index (χ3v) is 6.50. The van der Waals surface area contributed by atoms with E-state index in [1.54, 1.807) is 31.4 Å². The summed E-state index contributed by atoms with van der Waals surface area (Å²) in [5.41, 5.74) is 3.03. The zero-order chi connectivity index (χ0) is 27.1. The maximum absolute atomic E-state index is 13.3. The van der Waals surface area contributed by atoms with Gasteiger partial charge in [0.2, 0.25) is 0 Å². The Morgan fingerprint density at radius 2 is 1.66 bits per heavy atom. The zero-order valence-electron chi connectivity index (χ0n) is 22.0. The molecule has 1 heterocycles. The fourth-order valence-electron chi connectivity index (χ4n) is 4.63. The van der Waals surface area contributed by atoms with Crippen molar-refractivity contribution in [1.29, 1.82) is 0 Å². The van der Waals surface area contributed by atoms with Crippen molar-refractivity contribution >= 4 is 17.4 Å². The number of hydrogen-bond acceptors (Lipinski definition) is 6. The third-order valence-electron chi connectivity index (χ3n) is 6.50. The second-order valence-corrected chi connectivity index (χ2v) is 9.09. The molecule has 1 amide bonds. The number of aryl methyl sites for hydroxylation is 1. The Bertz CT molecular complexity index is 1300. The lowest BCUT2D eigenvalue weighted by atomic mass is 9.93. The molecule has 7 nitrogen and oxygen atoms in total. The van der Waals surface area contributed by atoms with Gasteiger partial charge in [-0.2, -0.15) is 0 Å². The van der Waals surface area contributed by atoms with Crippen LogP contribution >= 0.6 is 0 Å². The number of aliphatic hydroxyl groups is 1. The lowest BCUT2D eigenvalue weighted by Gasteiger charge is -2.25. The molecule has 0 radical (unpaired) electrons. The monoisotopic (exact) mass is 515 g/mol. The van der Waals surface area contributed by atoms with E-state index < -0.39 is 17.7 Å². The minimum Gasteiger partial charge on any atom is -0.507 e. The van der Waals surface area contributed by atoms with Crippen molar-refractivity contribution < 1.29 is 28.9 Å². The van der Waals surface area contributed by atoms with Gasteiger partial charge in [0.1, 0.15) is 23.9 Å². The van der Waals surface area contributed by atoms with Gasteiger partial charge in [0.05, 0.1) is 18.2 Å². The van der Waals surface area contributed by atoms with Crippen molar-refractivity contribution in [3.8, 4) is 11.5 Å². The van der Waals surface area contributed by atoms with E-state index in [0.29, 0.717) is 55.4 Å². The van der Waals surface area contributed by atoms with E-state index in [0.717, 1.165) is 11.1 Å². The molecular formula is C31H33NO6. The Labute approximate surface area is 223 Å². The SMILES string of the molecule is CCOc1ccc(C2/C(=C(\O)c3ccc(OCc4ccccc4)cc3C)C(=O)C(=O)N2CCCOC)cc1. The highest BCUT2D eigenvalue weighted by Crippen LogP contribution is 2.40. The molecular weight excluding hydrogens is 482 g/mol. The summed E-state index contributed by atoms with van der Waals surface area (Å²) in [4.78, 5) is 27.9. The van der Waals surface area contributed by atoms with E-state index in [4.69, 9.17) is 14.2 Å². The predicted octanol–water partition coefficient (Wildman–Crippen LogP) is 5.43. The highest BCUT2D eigenvalue weighted by Gasteiger charge is 2.45. The number of carbonyl (C=O) groups is 2. The minimum atomic E-state index is -0.726. The predicted molar refractivity (Wildman–Crippen MR) is 145 cm³/mol. The number of benzene rings is 3. The molecule has 1 aliphatic heterocycles. The molecule has 7 heteroatoms. The van der Waals surface area contributed by atoms with Gasteiger partial charge < -0.3 is 24.2 Å². The van der Waals surface area contributed by atoms with Gasteiger partial charge in [-0.1, -0.05) is 42.5 Å². The van der Waals surface area contributed by atoms with Gasteiger partial charge in [-0.25, -0.2) is 0 Å². The Hall–Kier alpha value is -4.10. The highest BCUT2D eigenvalue weighted by atomic mass is 16.5. The standard InChI is InChI=1S/C31H33NO6/c1-4-37-24-13-11-23(12-14-24)28-27(30(34)31(35)32(28)17-8-18-36-3)29(33)26-16-15-25(19-21(26)2)38-20-22-9-6-5-7-10-22/h5-7,9-16,19,28,33H,4,8,17-18,20H2,1-3H3/b29-27+. The Morgan fingerprint density at radius 1 is 0.947 bits per heavy atom. The molecule has 3 aromatic rings. The van der Waals surface area contributed by atoms with E-state index in [-0.39, 0.29) is 11.3 Å². The smallest absolute Gasteiger partial charge is 0.295 e. The number of methoxy groups -OCH3 is 1. The molecule has 1 aliphatic rings. The van der Waals surface area contributed by atoms with Crippen molar-refractivity contribution in [3.05, 3.63) is 101 Å². The zero-order valence-corrected chi connectivity index (χ0v) is 22.0. The third kappa shape index (κ3) is 5.89. The summed E-state index contributed by atoms with van der Waals surface area (Å²) in [5, 5.41) is 11.4. The van der Waals surface area contributed by atoms with Crippen LogP contribution in [0.4, 0.5) is 0 Å². The van der Waals surface area contributed by atoms with Crippen LogP contribution in [0.5, 0.6) is 11.5 Å². The summed E-state index contributed by atoms with van der Waals surface area (Å²) in [6, 6.07) is 21.7. The number of ketones is 1. The molecule has 1 saturated heterocycles. The molecule has 1 unspecified atom stereocenters. The van der Waals surface area contributed by atoms with E-state index in [2.05, 4.69) is 0 Å².